The van der Waals surface area contributed by atoms with Crippen LogP contribution < -0.4 is 10.1 Å². The fraction of sp³-hybridized carbons (Fsp3) is 0.600. The molecule has 0 spiro atoms. The summed E-state index contributed by atoms with van der Waals surface area (Å²) in [6.07, 6.45) is 5.41. The van der Waals surface area contributed by atoms with E-state index in [0.29, 0.717) is 6.04 Å². The Morgan fingerprint density at radius 1 is 1.24 bits per heavy atom. The van der Waals surface area contributed by atoms with E-state index in [9.17, 15) is 0 Å². The molecule has 1 aromatic rings. The van der Waals surface area contributed by atoms with Crippen LogP contribution in [0, 0.1) is 13.8 Å². The lowest BCUT2D eigenvalue weighted by Gasteiger charge is -2.16. The van der Waals surface area contributed by atoms with E-state index < -0.39 is 0 Å². The number of nitrogens with one attached hydrogen (secondary N) is 1. The zero-order chi connectivity index (χ0) is 12.3. The number of benzene rings is 1. The van der Waals surface area contributed by atoms with Crippen LogP contribution in [0.1, 0.15) is 42.4 Å². The number of hydrogen-bond donors (Lipinski definition) is 1. The van der Waals surface area contributed by atoms with Gasteiger partial charge in [0.2, 0.25) is 0 Å². The van der Waals surface area contributed by atoms with E-state index in [1.165, 1.54) is 42.4 Å². The minimum Gasteiger partial charge on any atom is -0.496 e. The van der Waals surface area contributed by atoms with Gasteiger partial charge in [0, 0.05) is 18.2 Å². The molecule has 0 aromatic heterocycles. The molecule has 94 valence electrons. The Hall–Kier alpha value is -1.02. The highest BCUT2D eigenvalue weighted by atomic mass is 16.5. The molecule has 2 nitrogen and oxygen atoms in total. The van der Waals surface area contributed by atoms with Crippen LogP contribution in [0.5, 0.6) is 5.75 Å². The van der Waals surface area contributed by atoms with Gasteiger partial charge in [-0.25, -0.2) is 0 Å². The molecule has 0 saturated heterocycles. The second-order valence-corrected chi connectivity index (χ2v) is 5.06. The topological polar surface area (TPSA) is 21.3 Å². The van der Waals surface area contributed by atoms with Crippen LogP contribution >= 0.6 is 0 Å². The van der Waals surface area contributed by atoms with Gasteiger partial charge in [0.05, 0.1) is 7.11 Å². The summed E-state index contributed by atoms with van der Waals surface area (Å²) in [5.41, 5.74) is 3.84. The second-order valence-electron chi connectivity index (χ2n) is 5.06. The summed E-state index contributed by atoms with van der Waals surface area (Å²) in [6, 6.07) is 5.08. The van der Waals surface area contributed by atoms with E-state index in [1.54, 1.807) is 7.11 Å². The molecule has 1 aromatic carbocycles. The first-order valence-corrected chi connectivity index (χ1v) is 6.59. The quantitative estimate of drug-likeness (QED) is 0.861. The van der Waals surface area contributed by atoms with E-state index in [1.807, 2.05) is 0 Å². The SMILES string of the molecule is COc1c(CNC2CCCC2)ccc(C)c1C. The van der Waals surface area contributed by atoms with Crippen LogP contribution in [-0.2, 0) is 6.54 Å². The Bertz CT molecular complexity index is 381. The molecule has 1 N–H and O–H groups in total. The van der Waals surface area contributed by atoms with Gasteiger partial charge in [0.1, 0.15) is 5.75 Å². The number of ether oxygens (including phenoxy) is 1. The number of hydrogen-bond acceptors (Lipinski definition) is 2. The molecular weight excluding hydrogens is 210 g/mol. The Labute approximate surface area is 104 Å². The second kappa shape index (κ2) is 5.54. The van der Waals surface area contributed by atoms with Crippen molar-refractivity contribution in [2.24, 2.45) is 0 Å². The van der Waals surface area contributed by atoms with Crippen molar-refractivity contribution < 1.29 is 4.74 Å². The van der Waals surface area contributed by atoms with Gasteiger partial charge in [-0.05, 0) is 37.8 Å². The maximum atomic E-state index is 5.53. The first-order valence-electron chi connectivity index (χ1n) is 6.59. The molecule has 0 unspecified atom stereocenters. The molecule has 0 radical (unpaired) electrons. The van der Waals surface area contributed by atoms with E-state index in [-0.39, 0.29) is 0 Å². The summed E-state index contributed by atoms with van der Waals surface area (Å²) >= 11 is 0. The van der Waals surface area contributed by atoms with E-state index in [2.05, 4.69) is 31.3 Å². The van der Waals surface area contributed by atoms with Gasteiger partial charge in [-0.3, -0.25) is 0 Å². The number of aryl methyl sites for hydroxylation is 1. The lowest BCUT2D eigenvalue weighted by atomic mass is 10.0. The van der Waals surface area contributed by atoms with Crippen molar-refractivity contribution in [3.63, 3.8) is 0 Å². The van der Waals surface area contributed by atoms with Crippen molar-refractivity contribution in [3.05, 3.63) is 28.8 Å². The summed E-state index contributed by atoms with van der Waals surface area (Å²) in [6.45, 7) is 5.19. The molecule has 2 rings (SSSR count). The van der Waals surface area contributed by atoms with Gasteiger partial charge in [0.25, 0.3) is 0 Å². The lowest BCUT2D eigenvalue weighted by Crippen LogP contribution is -2.25. The molecule has 0 bridgehead atoms. The monoisotopic (exact) mass is 233 g/mol. The summed E-state index contributed by atoms with van der Waals surface area (Å²) in [4.78, 5) is 0. The molecule has 0 aliphatic heterocycles. The highest BCUT2D eigenvalue weighted by molar-refractivity contribution is 5.45. The highest BCUT2D eigenvalue weighted by Gasteiger charge is 2.15. The summed E-state index contributed by atoms with van der Waals surface area (Å²) in [5, 5.41) is 3.64. The first-order chi connectivity index (χ1) is 8.22. The lowest BCUT2D eigenvalue weighted by molar-refractivity contribution is 0.401. The number of methoxy groups -OCH3 is 1. The fourth-order valence-electron chi connectivity index (χ4n) is 2.65. The minimum absolute atomic E-state index is 0.710. The Balaban J connectivity index is 2.06. The van der Waals surface area contributed by atoms with Crippen LogP contribution in [-0.4, -0.2) is 13.2 Å². The van der Waals surface area contributed by atoms with E-state index in [0.717, 1.165) is 12.3 Å². The van der Waals surface area contributed by atoms with E-state index >= 15 is 0 Å². The Kier molecular flexibility index (Phi) is 4.06. The number of rotatable bonds is 4. The standard InChI is InChI=1S/C15H23NO/c1-11-8-9-13(15(17-3)12(11)2)10-16-14-6-4-5-7-14/h8-9,14,16H,4-7,10H2,1-3H3. The normalized spacial score (nSPS) is 16.4. The van der Waals surface area contributed by atoms with Crippen LogP contribution in [0.3, 0.4) is 0 Å². The Morgan fingerprint density at radius 3 is 2.59 bits per heavy atom. The van der Waals surface area contributed by atoms with Crippen molar-refractivity contribution in [3.8, 4) is 5.75 Å². The van der Waals surface area contributed by atoms with Gasteiger partial charge >= 0.3 is 0 Å². The molecule has 1 aliphatic rings. The average molecular weight is 233 g/mol. The molecular formula is C15H23NO. The first kappa shape index (κ1) is 12.4. The predicted molar refractivity (Wildman–Crippen MR) is 71.6 cm³/mol. The maximum Gasteiger partial charge on any atom is 0.126 e. The molecule has 1 saturated carbocycles. The minimum atomic E-state index is 0.710. The zero-order valence-electron chi connectivity index (χ0n) is 11.2. The fourth-order valence-corrected chi connectivity index (χ4v) is 2.65. The van der Waals surface area contributed by atoms with Crippen molar-refractivity contribution in [1.29, 1.82) is 0 Å². The molecule has 0 heterocycles. The molecule has 0 amide bonds. The zero-order valence-corrected chi connectivity index (χ0v) is 11.2. The van der Waals surface area contributed by atoms with Gasteiger partial charge in [-0.2, -0.15) is 0 Å². The van der Waals surface area contributed by atoms with Crippen molar-refractivity contribution in [2.75, 3.05) is 7.11 Å². The van der Waals surface area contributed by atoms with Crippen molar-refractivity contribution in [2.45, 2.75) is 52.1 Å². The molecule has 0 atom stereocenters. The van der Waals surface area contributed by atoms with Crippen LogP contribution in [0.15, 0.2) is 12.1 Å². The van der Waals surface area contributed by atoms with Crippen LogP contribution in [0.2, 0.25) is 0 Å². The van der Waals surface area contributed by atoms with Gasteiger partial charge in [-0.15, -0.1) is 0 Å². The van der Waals surface area contributed by atoms with Crippen molar-refractivity contribution >= 4 is 0 Å². The molecule has 2 heteroatoms. The van der Waals surface area contributed by atoms with Gasteiger partial charge in [0.15, 0.2) is 0 Å². The molecule has 17 heavy (non-hydrogen) atoms. The summed E-state index contributed by atoms with van der Waals surface area (Å²) < 4.78 is 5.53. The largest absolute Gasteiger partial charge is 0.496 e. The third kappa shape index (κ3) is 2.81. The Morgan fingerprint density at radius 2 is 1.94 bits per heavy atom. The smallest absolute Gasteiger partial charge is 0.126 e. The van der Waals surface area contributed by atoms with Crippen LogP contribution in [0.4, 0.5) is 0 Å². The van der Waals surface area contributed by atoms with Crippen LogP contribution in [0.25, 0.3) is 0 Å². The summed E-state index contributed by atoms with van der Waals surface area (Å²) in [7, 11) is 1.76. The average Bonchev–Trinajstić information content (AvgIpc) is 2.83. The third-order valence-corrected chi connectivity index (χ3v) is 3.90. The summed E-state index contributed by atoms with van der Waals surface area (Å²) in [5.74, 6) is 1.05. The van der Waals surface area contributed by atoms with Crippen molar-refractivity contribution in [1.82, 2.24) is 5.32 Å². The molecule has 1 aliphatic carbocycles. The van der Waals surface area contributed by atoms with Gasteiger partial charge < -0.3 is 10.1 Å². The highest BCUT2D eigenvalue weighted by Crippen LogP contribution is 2.26. The third-order valence-electron chi connectivity index (χ3n) is 3.90. The maximum absolute atomic E-state index is 5.53. The van der Waals surface area contributed by atoms with E-state index in [4.69, 9.17) is 4.74 Å². The molecule has 1 fully saturated rings. The predicted octanol–water partition coefficient (Wildman–Crippen LogP) is 3.34. The van der Waals surface area contributed by atoms with Gasteiger partial charge in [-0.1, -0.05) is 25.0 Å².